The van der Waals surface area contributed by atoms with E-state index in [0.717, 1.165) is 5.69 Å². The average molecular weight is 350 g/mol. The van der Waals surface area contributed by atoms with Crippen LogP contribution in [0.15, 0.2) is 58.8 Å². The predicted octanol–water partition coefficient (Wildman–Crippen LogP) is 5.44. The van der Waals surface area contributed by atoms with Crippen molar-refractivity contribution < 1.29 is 0 Å². The second-order valence-electron chi connectivity index (χ2n) is 4.24. The van der Waals surface area contributed by atoms with Gasteiger partial charge in [0.15, 0.2) is 0 Å². The van der Waals surface area contributed by atoms with Crippen molar-refractivity contribution in [2.24, 2.45) is 10.2 Å². The van der Waals surface area contributed by atoms with E-state index >= 15 is 0 Å². The summed E-state index contributed by atoms with van der Waals surface area (Å²) in [5.41, 5.74) is 3.33. The first-order valence-corrected chi connectivity index (χ1v) is 6.96. The molecule has 0 heterocycles. The van der Waals surface area contributed by atoms with Crippen molar-refractivity contribution in [3.8, 4) is 0 Å². The molecule has 0 spiro atoms. The Morgan fingerprint density at radius 3 is 2.44 bits per heavy atom. The molecule has 18 heavy (non-hydrogen) atoms. The summed E-state index contributed by atoms with van der Waals surface area (Å²) in [6.45, 7) is 4.14. The van der Waals surface area contributed by atoms with E-state index in [0.29, 0.717) is 0 Å². The lowest BCUT2D eigenvalue weighted by Gasteiger charge is -2.04. The summed E-state index contributed by atoms with van der Waals surface area (Å²) >= 11 is 2.32. The minimum atomic E-state index is 0.0887. The zero-order valence-corrected chi connectivity index (χ0v) is 12.6. The highest BCUT2D eigenvalue weighted by atomic mass is 127. The molecule has 2 aromatic rings. The fraction of sp³-hybridized carbons (Fsp3) is 0.200. The van der Waals surface area contributed by atoms with E-state index in [1.54, 1.807) is 0 Å². The van der Waals surface area contributed by atoms with Crippen molar-refractivity contribution >= 4 is 28.3 Å². The van der Waals surface area contributed by atoms with Gasteiger partial charge in [-0.1, -0.05) is 30.3 Å². The molecule has 0 bridgehead atoms. The number of halogens is 1. The van der Waals surface area contributed by atoms with Crippen LogP contribution in [0.1, 0.15) is 24.1 Å². The van der Waals surface area contributed by atoms with Crippen LogP contribution in [0, 0.1) is 10.5 Å². The lowest BCUT2D eigenvalue weighted by Crippen LogP contribution is -1.87. The molecule has 0 radical (unpaired) electrons. The summed E-state index contributed by atoms with van der Waals surface area (Å²) in [7, 11) is 0. The average Bonchev–Trinajstić information content (AvgIpc) is 2.41. The van der Waals surface area contributed by atoms with E-state index in [1.165, 1.54) is 14.7 Å². The van der Waals surface area contributed by atoms with Gasteiger partial charge in [0.25, 0.3) is 0 Å². The van der Waals surface area contributed by atoms with Crippen LogP contribution in [0.4, 0.5) is 5.69 Å². The number of hydrogen-bond donors (Lipinski definition) is 0. The summed E-state index contributed by atoms with van der Waals surface area (Å²) < 4.78 is 1.25. The van der Waals surface area contributed by atoms with Crippen molar-refractivity contribution in [1.82, 2.24) is 0 Å². The minimum absolute atomic E-state index is 0.0887. The summed E-state index contributed by atoms with van der Waals surface area (Å²) in [4.78, 5) is 0. The Labute approximate surface area is 121 Å². The maximum Gasteiger partial charge on any atom is 0.0934 e. The van der Waals surface area contributed by atoms with Crippen LogP contribution < -0.4 is 0 Å². The van der Waals surface area contributed by atoms with Crippen LogP contribution in [-0.4, -0.2) is 0 Å². The van der Waals surface area contributed by atoms with Crippen LogP contribution in [0.2, 0.25) is 0 Å². The molecule has 0 aliphatic carbocycles. The molecule has 2 aromatic carbocycles. The molecule has 0 saturated carbocycles. The fourth-order valence-electron chi connectivity index (χ4n) is 1.64. The first kappa shape index (κ1) is 13.2. The third kappa shape index (κ3) is 3.38. The highest BCUT2D eigenvalue weighted by Crippen LogP contribution is 2.22. The van der Waals surface area contributed by atoms with Crippen LogP contribution in [0.3, 0.4) is 0 Å². The second-order valence-corrected chi connectivity index (χ2v) is 5.40. The minimum Gasteiger partial charge on any atom is -0.181 e. The zero-order chi connectivity index (χ0) is 13.0. The quantitative estimate of drug-likeness (QED) is 0.520. The Morgan fingerprint density at radius 1 is 1.06 bits per heavy atom. The van der Waals surface area contributed by atoms with Crippen molar-refractivity contribution in [2.75, 3.05) is 0 Å². The first-order valence-electron chi connectivity index (χ1n) is 5.89. The van der Waals surface area contributed by atoms with E-state index in [4.69, 9.17) is 0 Å². The topological polar surface area (TPSA) is 24.7 Å². The van der Waals surface area contributed by atoms with Crippen LogP contribution in [-0.2, 0) is 0 Å². The molecule has 92 valence electrons. The van der Waals surface area contributed by atoms with E-state index < -0.39 is 0 Å². The van der Waals surface area contributed by atoms with Gasteiger partial charge >= 0.3 is 0 Å². The van der Waals surface area contributed by atoms with Gasteiger partial charge in [-0.2, -0.15) is 10.2 Å². The van der Waals surface area contributed by atoms with Crippen LogP contribution >= 0.6 is 22.6 Å². The second kappa shape index (κ2) is 6.09. The third-order valence-electron chi connectivity index (χ3n) is 2.77. The van der Waals surface area contributed by atoms with Crippen molar-refractivity contribution in [2.45, 2.75) is 19.9 Å². The van der Waals surface area contributed by atoms with Gasteiger partial charge in [-0.3, -0.25) is 0 Å². The van der Waals surface area contributed by atoms with Crippen LogP contribution in [0.25, 0.3) is 0 Å². The van der Waals surface area contributed by atoms with Gasteiger partial charge < -0.3 is 0 Å². The fourth-order valence-corrected chi connectivity index (χ4v) is 1.98. The van der Waals surface area contributed by atoms with E-state index in [1.807, 2.05) is 24.3 Å². The summed E-state index contributed by atoms with van der Waals surface area (Å²) in [5, 5.41) is 8.66. The number of benzene rings is 2. The lowest BCUT2D eigenvalue weighted by atomic mass is 10.1. The van der Waals surface area contributed by atoms with Crippen LogP contribution in [0.5, 0.6) is 0 Å². The van der Waals surface area contributed by atoms with Gasteiger partial charge in [0.05, 0.1) is 11.7 Å². The van der Waals surface area contributed by atoms with Crippen molar-refractivity contribution in [1.29, 1.82) is 0 Å². The molecule has 0 aliphatic rings. The van der Waals surface area contributed by atoms with E-state index in [2.05, 4.69) is 70.9 Å². The van der Waals surface area contributed by atoms with Crippen molar-refractivity contribution in [3.63, 3.8) is 0 Å². The molecule has 1 unspecified atom stereocenters. The number of rotatable bonds is 3. The first-order chi connectivity index (χ1) is 8.66. The molecule has 3 heteroatoms. The molecule has 2 rings (SSSR count). The molecule has 0 aliphatic heterocycles. The Hall–Kier alpha value is -1.23. The largest absolute Gasteiger partial charge is 0.181 e. The molecule has 0 N–H and O–H groups in total. The Morgan fingerprint density at radius 2 is 1.78 bits per heavy atom. The molecule has 0 aromatic heterocycles. The highest BCUT2D eigenvalue weighted by molar-refractivity contribution is 14.1. The Bertz CT molecular complexity index is 550. The van der Waals surface area contributed by atoms with E-state index in [-0.39, 0.29) is 6.04 Å². The monoisotopic (exact) mass is 350 g/mol. The highest BCUT2D eigenvalue weighted by Gasteiger charge is 2.02. The zero-order valence-electron chi connectivity index (χ0n) is 10.5. The number of azo groups is 1. The Balaban J connectivity index is 2.13. The molecule has 0 amide bonds. The molecular formula is C15H15IN2. The summed E-state index contributed by atoms with van der Waals surface area (Å²) in [6.07, 6.45) is 0. The van der Waals surface area contributed by atoms with Gasteiger partial charge in [0.2, 0.25) is 0 Å². The standard InChI is InChI=1S/C15H15IN2/c1-11-10-14(8-9-15(11)16)18-17-12(2)13-6-4-3-5-7-13/h3-10,12H,1-2H3. The summed E-state index contributed by atoms with van der Waals surface area (Å²) in [5.74, 6) is 0. The number of aryl methyl sites for hydroxylation is 1. The molecule has 1 atom stereocenters. The SMILES string of the molecule is Cc1cc(N=NC(C)c2ccccc2)ccc1I. The number of nitrogens with zero attached hydrogens (tertiary/aromatic N) is 2. The third-order valence-corrected chi connectivity index (χ3v) is 3.98. The molecular weight excluding hydrogens is 335 g/mol. The van der Waals surface area contributed by atoms with Crippen molar-refractivity contribution in [3.05, 3.63) is 63.2 Å². The van der Waals surface area contributed by atoms with Gasteiger partial charge in [-0.05, 0) is 65.8 Å². The van der Waals surface area contributed by atoms with Gasteiger partial charge in [0, 0.05) is 3.57 Å². The van der Waals surface area contributed by atoms with E-state index in [9.17, 15) is 0 Å². The van der Waals surface area contributed by atoms with Gasteiger partial charge in [-0.15, -0.1) is 0 Å². The van der Waals surface area contributed by atoms with Gasteiger partial charge in [0.1, 0.15) is 0 Å². The summed E-state index contributed by atoms with van der Waals surface area (Å²) in [6, 6.07) is 16.4. The normalized spacial score (nSPS) is 12.8. The number of hydrogen-bond acceptors (Lipinski definition) is 2. The predicted molar refractivity (Wildman–Crippen MR) is 83.3 cm³/mol. The smallest absolute Gasteiger partial charge is 0.0934 e. The maximum atomic E-state index is 4.36. The molecule has 0 fully saturated rings. The van der Waals surface area contributed by atoms with Gasteiger partial charge in [-0.25, -0.2) is 0 Å². The molecule has 0 saturated heterocycles. The molecule has 2 nitrogen and oxygen atoms in total. The lowest BCUT2D eigenvalue weighted by molar-refractivity contribution is 0.764. The maximum absolute atomic E-state index is 4.36. The Kier molecular flexibility index (Phi) is 4.47.